The van der Waals surface area contributed by atoms with Crippen LogP contribution < -0.4 is 11.1 Å². The molecule has 0 bridgehead atoms. The van der Waals surface area contributed by atoms with Gasteiger partial charge in [-0.3, -0.25) is 4.98 Å². The maximum atomic E-state index is 9.46. The number of pyridine rings is 1. The Kier molecular flexibility index (Phi) is 6.00. The van der Waals surface area contributed by atoms with E-state index in [4.69, 9.17) is 22.4 Å². The zero-order valence-electron chi connectivity index (χ0n) is 17.4. The van der Waals surface area contributed by atoms with Crippen LogP contribution in [-0.2, 0) is 0 Å². The summed E-state index contributed by atoms with van der Waals surface area (Å²) in [6.45, 7) is 1.94. The summed E-state index contributed by atoms with van der Waals surface area (Å²) in [4.78, 5) is 16.9. The molecule has 5 aromatic rings. The largest absolute Gasteiger partial charge is 0.382 e. The molecule has 3 N–H and O–H groups in total. The number of halogens is 1. The zero-order valence-corrected chi connectivity index (χ0v) is 19.1. The van der Waals surface area contributed by atoms with Gasteiger partial charge < -0.3 is 11.1 Å². The van der Waals surface area contributed by atoms with Gasteiger partial charge in [-0.2, -0.15) is 23.9 Å². The Morgan fingerprint density at radius 2 is 2.00 bits per heavy atom. The van der Waals surface area contributed by atoms with Gasteiger partial charge in [0.1, 0.15) is 29.6 Å². The number of nitrogens with one attached hydrogen (secondary N) is 1. The molecule has 0 aliphatic carbocycles. The number of anilines is 2. The van der Waals surface area contributed by atoms with Crippen LogP contribution >= 0.6 is 25.1 Å². The second-order valence-corrected chi connectivity index (χ2v) is 7.56. The first-order valence-corrected chi connectivity index (χ1v) is 10.1. The van der Waals surface area contributed by atoms with E-state index in [2.05, 4.69) is 25.3 Å². The molecule has 4 aromatic heterocycles. The summed E-state index contributed by atoms with van der Waals surface area (Å²) in [7, 11) is 0. The second-order valence-electron chi connectivity index (χ2n) is 7.17. The van der Waals surface area contributed by atoms with Crippen molar-refractivity contribution in [1.82, 2.24) is 29.5 Å². The Bertz CT molecular complexity index is 1530. The fourth-order valence-electron chi connectivity index (χ4n) is 3.57. The summed E-state index contributed by atoms with van der Waals surface area (Å²) in [5.74, 6) is 0.464. The van der Waals surface area contributed by atoms with E-state index in [1.807, 2.05) is 49.4 Å². The van der Waals surface area contributed by atoms with Gasteiger partial charge in [-0.1, -0.05) is 29.8 Å². The molecule has 0 spiro atoms. The van der Waals surface area contributed by atoms with Crippen LogP contribution in [0, 0.1) is 11.3 Å². The summed E-state index contributed by atoms with van der Waals surface area (Å²) in [5.41, 5.74) is 9.89. The number of hydrogen-bond donors (Lipinski definition) is 2. The topological polar surface area (TPSA) is 131 Å². The van der Waals surface area contributed by atoms with Gasteiger partial charge in [0.2, 0.25) is 0 Å². The number of nitrogen functional groups attached to an aromatic ring is 1. The Morgan fingerprint density at radius 3 is 2.82 bits per heavy atom. The Balaban J connectivity index is 0.00000259. The number of rotatable bonds is 4. The van der Waals surface area contributed by atoms with Crippen LogP contribution in [0.1, 0.15) is 24.1 Å². The molecule has 0 aliphatic heterocycles. The predicted molar refractivity (Wildman–Crippen MR) is 132 cm³/mol. The third-order valence-corrected chi connectivity index (χ3v) is 5.43. The normalized spacial score (nSPS) is 11.7. The number of imidazole rings is 1. The van der Waals surface area contributed by atoms with E-state index < -0.39 is 0 Å². The van der Waals surface area contributed by atoms with Crippen LogP contribution in [0.5, 0.6) is 0 Å². The molecule has 0 unspecified atom stereocenters. The maximum Gasteiger partial charge on any atom is 0.155 e. The lowest BCUT2D eigenvalue weighted by molar-refractivity contribution is 0.840. The van der Waals surface area contributed by atoms with E-state index in [9.17, 15) is 5.26 Å². The molecule has 0 radical (unpaired) electrons. The summed E-state index contributed by atoms with van der Waals surface area (Å²) >= 11 is 6.29. The Morgan fingerprint density at radius 1 is 1.15 bits per heavy atom. The van der Waals surface area contributed by atoms with Crippen LogP contribution in [-0.4, -0.2) is 29.5 Å². The first-order valence-electron chi connectivity index (χ1n) is 9.71. The molecule has 33 heavy (non-hydrogen) atoms. The number of benzene rings is 1. The monoisotopic (exact) mass is 475 g/mol. The van der Waals surface area contributed by atoms with Crippen molar-refractivity contribution in [3.05, 3.63) is 71.4 Å². The van der Waals surface area contributed by atoms with E-state index in [0.717, 1.165) is 22.0 Å². The van der Waals surface area contributed by atoms with E-state index in [1.165, 1.54) is 6.33 Å². The molecule has 0 aliphatic rings. The predicted octanol–water partition coefficient (Wildman–Crippen LogP) is 4.13. The molecule has 0 saturated carbocycles. The fourth-order valence-corrected chi connectivity index (χ4v) is 3.74. The number of nitrogens with two attached hydrogens (primary N) is 1. The summed E-state index contributed by atoms with van der Waals surface area (Å²) in [6.07, 6.45) is 4.62. The number of nitrogens with zero attached hydrogens (tertiary/aromatic N) is 7. The third kappa shape index (κ3) is 4.00. The van der Waals surface area contributed by atoms with Crippen LogP contribution in [0.3, 0.4) is 0 Å². The van der Waals surface area contributed by atoms with Crippen molar-refractivity contribution >= 4 is 53.3 Å². The van der Waals surface area contributed by atoms with Crippen LogP contribution in [0.25, 0.3) is 27.8 Å². The number of nitriles is 1. The first kappa shape index (κ1) is 22.3. The van der Waals surface area contributed by atoms with Crippen LogP contribution in [0.4, 0.5) is 11.6 Å². The standard InChI is InChI=1S/C22H16ClN9.H2S/c1-12(30-22-16(9-24)21(25)28-11-29-22)15-8-19-27-10-18(23)32(19)31-20(15)14-5-4-13-3-2-6-26-17(13)7-14;/h2-8,10-12H,1H3,(H3,25,28,29,30);1H2/t12-;/m0./s1. The Hall–Kier alpha value is -3.94. The number of hydrogen-bond acceptors (Lipinski definition) is 8. The zero-order chi connectivity index (χ0) is 22.2. The average Bonchev–Trinajstić information content (AvgIpc) is 3.18. The third-order valence-electron chi connectivity index (χ3n) is 5.17. The van der Waals surface area contributed by atoms with E-state index in [0.29, 0.717) is 22.3 Å². The van der Waals surface area contributed by atoms with Crippen molar-refractivity contribution in [2.75, 3.05) is 11.1 Å². The summed E-state index contributed by atoms with van der Waals surface area (Å²) < 4.78 is 1.58. The summed E-state index contributed by atoms with van der Waals surface area (Å²) in [6, 6.07) is 13.5. The average molecular weight is 476 g/mol. The summed E-state index contributed by atoms with van der Waals surface area (Å²) in [5, 5.41) is 18.9. The number of aromatic nitrogens is 6. The van der Waals surface area contributed by atoms with E-state index in [-0.39, 0.29) is 30.9 Å². The molecule has 1 atom stereocenters. The SMILES string of the molecule is C[C@H](Nc1ncnc(N)c1C#N)c1cc2ncc(Cl)n2nc1-c1ccc2cccnc2c1.S. The van der Waals surface area contributed by atoms with Gasteiger partial charge in [0.15, 0.2) is 10.8 Å². The first-order chi connectivity index (χ1) is 15.5. The molecule has 0 saturated heterocycles. The van der Waals surface area contributed by atoms with Crippen molar-refractivity contribution in [1.29, 1.82) is 5.26 Å². The number of fused-ring (bicyclic) bond motifs is 2. The molecule has 164 valence electrons. The van der Waals surface area contributed by atoms with Gasteiger partial charge in [-0.05, 0) is 25.1 Å². The molecule has 11 heteroatoms. The molecule has 1 aromatic carbocycles. The van der Waals surface area contributed by atoms with E-state index in [1.54, 1.807) is 16.9 Å². The minimum atomic E-state index is -0.293. The molecular formula is C22H18ClN9S. The molecule has 9 nitrogen and oxygen atoms in total. The van der Waals surface area contributed by atoms with Crippen LogP contribution in [0.2, 0.25) is 5.15 Å². The van der Waals surface area contributed by atoms with Gasteiger partial charge in [0.05, 0.1) is 23.4 Å². The molecule has 0 fully saturated rings. The Labute approximate surface area is 200 Å². The molecular weight excluding hydrogens is 458 g/mol. The quantitative estimate of drug-likeness (QED) is 0.396. The van der Waals surface area contributed by atoms with Gasteiger partial charge in [0, 0.05) is 22.7 Å². The highest BCUT2D eigenvalue weighted by atomic mass is 35.5. The van der Waals surface area contributed by atoms with Crippen LogP contribution in [0.15, 0.2) is 55.1 Å². The minimum absolute atomic E-state index is 0. The van der Waals surface area contributed by atoms with Gasteiger partial charge in [-0.15, -0.1) is 0 Å². The smallest absolute Gasteiger partial charge is 0.155 e. The second kappa shape index (κ2) is 8.90. The van der Waals surface area contributed by atoms with Gasteiger partial charge in [0.25, 0.3) is 0 Å². The van der Waals surface area contributed by atoms with E-state index >= 15 is 0 Å². The maximum absolute atomic E-state index is 9.46. The molecule has 0 amide bonds. The lowest BCUT2D eigenvalue weighted by Crippen LogP contribution is -2.13. The molecule has 4 heterocycles. The molecule has 5 rings (SSSR count). The highest BCUT2D eigenvalue weighted by Gasteiger charge is 2.20. The van der Waals surface area contributed by atoms with Crippen molar-refractivity contribution in [3.8, 4) is 17.3 Å². The van der Waals surface area contributed by atoms with Crippen molar-refractivity contribution in [2.24, 2.45) is 0 Å². The lowest BCUT2D eigenvalue weighted by atomic mass is 10.00. The highest BCUT2D eigenvalue weighted by molar-refractivity contribution is 7.59. The van der Waals surface area contributed by atoms with Gasteiger partial charge in [-0.25, -0.2) is 19.5 Å². The lowest BCUT2D eigenvalue weighted by Gasteiger charge is -2.19. The van der Waals surface area contributed by atoms with Crippen molar-refractivity contribution in [3.63, 3.8) is 0 Å². The van der Waals surface area contributed by atoms with Crippen molar-refractivity contribution in [2.45, 2.75) is 13.0 Å². The van der Waals surface area contributed by atoms with Crippen molar-refractivity contribution < 1.29 is 0 Å². The fraction of sp³-hybridized carbons (Fsp3) is 0.0909. The minimum Gasteiger partial charge on any atom is -0.382 e. The van der Waals surface area contributed by atoms with Gasteiger partial charge >= 0.3 is 0 Å². The highest BCUT2D eigenvalue weighted by Crippen LogP contribution is 2.32.